The number of piperidine rings is 1. The van der Waals surface area contributed by atoms with Crippen molar-refractivity contribution < 1.29 is 19.0 Å². The number of hydrogen-bond donors (Lipinski definition) is 1. The lowest BCUT2D eigenvalue weighted by Gasteiger charge is -2.41. The van der Waals surface area contributed by atoms with Crippen molar-refractivity contribution in [1.82, 2.24) is 4.90 Å². The molecule has 0 saturated carbocycles. The predicted octanol–water partition coefficient (Wildman–Crippen LogP) is 2.06. The molecule has 0 bridgehead atoms. The first-order valence-electron chi connectivity index (χ1n) is 7.50. The third kappa shape index (κ3) is 3.30. The van der Waals surface area contributed by atoms with Crippen molar-refractivity contribution in [2.24, 2.45) is 5.41 Å². The van der Waals surface area contributed by atoms with E-state index in [1.54, 1.807) is 6.07 Å². The highest BCUT2D eigenvalue weighted by molar-refractivity contribution is 5.41. The Balaban J connectivity index is 1.62. The predicted molar refractivity (Wildman–Crippen MR) is 77.2 cm³/mol. The molecular weight excluding hydrogens is 273 g/mol. The maximum absolute atomic E-state index is 13.3. The summed E-state index contributed by atoms with van der Waals surface area (Å²) in [6.07, 6.45) is 2.03. The number of ether oxygens (including phenoxy) is 2. The Morgan fingerprint density at radius 2 is 2.29 bits per heavy atom. The van der Waals surface area contributed by atoms with Gasteiger partial charge in [0.1, 0.15) is 18.5 Å². The molecule has 2 aliphatic rings. The summed E-state index contributed by atoms with van der Waals surface area (Å²) in [4.78, 5) is 2.30. The molecule has 0 radical (unpaired) electrons. The zero-order valence-electron chi connectivity index (χ0n) is 12.3. The van der Waals surface area contributed by atoms with Gasteiger partial charge in [0.25, 0.3) is 0 Å². The number of hydrogen-bond acceptors (Lipinski definition) is 4. The second kappa shape index (κ2) is 5.81. The molecule has 2 aliphatic heterocycles. The number of likely N-dealkylation sites (tertiary alicyclic amines) is 1. The van der Waals surface area contributed by atoms with Gasteiger partial charge < -0.3 is 14.6 Å². The highest BCUT2D eigenvalue weighted by Gasteiger charge is 2.32. The van der Waals surface area contributed by atoms with Crippen LogP contribution in [0.25, 0.3) is 0 Å². The standard InChI is InChI=1S/C16H22FNO3/c1-16(11-19)5-2-6-18(10-16)8-13-9-20-14-4-3-12(17)7-15(14)21-13/h3-4,7,13,19H,2,5-6,8-11H2,1H3/t13-,16-/m0/s1. The number of halogens is 1. The fourth-order valence-corrected chi connectivity index (χ4v) is 3.18. The topological polar surface area (TPSA) is 41.9 Å². The molecule has 3 rings (SSSR count). The van der Waals surface area contributed by atoms with Crippen LogP contribution in [0.15, 0.2) is 18.2 Å². The Morgan fingerprint density at radius 3 is 3.10 bits per heavy atom. The maximum Gasteiger partial charge on any atom is 0.164 e. The first-order valence-corrected chi connectivity index (χ1v) is 7.50. The van der Waals surface area contributed by atoms with Crippen LogP contribution in [0.5, 0.6) is 11.5 Å². The number of nitrogens with zero attached hydrogens (tertiary/aromatic N) is 1. The molecule has 1 N–H and O–H groups in total. The van der Waals surface area contributed by atoms with E-state index in [9.17, 15) is 9.50 Å². The summed E-state index contributed by atoms with van der Waals surface area (Å²) in [7, 11) is 0. The quantitative estimate of drug-likeness (QED) is 0.927. The number of fused-ring (bicyclic) bond motifs is 1. The highest BCUT2D eigenvalue weighted by Crippen LogP contribution is 2.33. The average Bonchev–Trinajstić information content (AvgIpc) is 2.47. The molecule has 116 valence electrons. The molecule has 2 atom stereocenters. The van der Waals surface area contributed by atoms with Crippen molar-refractivity contribution in [3.8, 4) is 11.5 Å². The summed E-state index contributed by atoms with van der Waals surface area (Å²) < 4.78 is 24.7. The van der Waals surface area contributed by atoms with Gasteiger partial charge in [-0.15, -0.1) is 0 Å². The summed E-state index contributed by atoms with van der Waals surface area (Å²) in [6.45, 7) is 5.41. The van der Waals surface area contributed by atoms with Gasteiger partial charge in [0.2, 0.25) is 0 Å². The van der Waals surface area contributed by atoms with Crippen LogP contribution in [0.3, 0.4) is 0 Å². The molecule has 1 saturated heterocycles. The van der Waals surface area contributed by atoms with Crippen LogP contribution in [-0.4, -0.2) is 49.0 Å². The number of rotatable bonds is 3. The van der Waals surface area contributed by atoms with Crippen LogP contribution in [0.2, 0.25) is 0 Å². The first-order chi connectivity index (χ1) is 10.1. The monoisotopic (exact) mass is 295 g/mol. The van der Waals surface area contributed by atoms with Crippen LogP contribution in [0.4, 0.5) is 4.39 Å². The minimum Gasteiger partial charge on any atom is -0.486 e. The fourth-order valence-electron chi connectivity index (χ4n) is 3.18. The van der Waals surface area contributed by atoms with Gasteiger partial charge in [0, 0.05) is 31.2 Å². The van der Waals surface area contributed by atoms with E-state index in [1.165, 1.54) is 12.1 Å². The van der Waals surface area contributed by atoms with Gasteiger partial charge in [-0.25, -0.2) is 4.39 Å². The molecule has 1 aromatic carbocycles. The van der Waals surface area contributed by atoms with Crippen LogP contribution in [0.1, 0.15) is 19.8 Å². The lowest BCUT2D eigenvalue weighted by molar-refractivity contribution is 0.00808. The van der Waals surface area contributed by atoms with E-state index in [4.69, 9.17) is 9.47 Å². The second-order valence-corrected chi connectivity index (χ2v) is 6.45. The van der Waals surface area contributed by atoms with E-state index in [2.05, 4.69) is 11.8 Å². The van der Waals surface area contributed by atoms with Crippen molar-refractivity contribution in [2.75, 3.05) is 32.8 Å². The molecule has 2 heterocycles. The van der Waals surface area contributed by atoms with Crippen molar-refractivity contribution in [3.05, 3.63) is 24.0 Å². The van der Waals surface area contributed by atoms with Crippen LogP contribution >= 0.6 is 0 Å². The Labute approximate surface area is 124 Å². The van der Waals surface area contributed by atoms with Gasteiger partial charge >= 0.3 is 0 Å². The summed E-state index contributed by atoms with van der Waals surface area (Å²) in [6, 6.07) is 4.35. The van der Waals surface area contributed by atoms with Gasteiger partial charge in [-0.3, -0.25) is 4.90 Å². The van der Waals surface area contributed by atoms with E-state index < -0.39 is 0 Å². The highest BCUT2D eigenvalue weighted by atomic mass is 19.1. The maximum atomic E-state index is 13.3. The van der Waals surface area contributed by atoms with E-state index in [1.807, 2.05) is 0 Å². The summed E-state index contributed by atoms with van der Waals surface area (Å²) in [5.41, 5.74) is -0.0300. The molecule has 1 fully saturated rings. The summed E-state index contributed by atoms with van der Waals surface area (Å²) in [5, 5.41) is 9.51. The summed E-state index contributed by atoms with van der Waals surface area (Å²) in [5.74, 6) is 0.767. The molecule has 21 heavy (non-hydrogen) atoms. The molecule has 0 aromatic heterocycles. The van der Waals surface area contributed by atoms with E-state index >= 15 is 0 Å². The molecular formula is C16H22FNO3. The number of aliphatic hydroxyl groups is 1. The third-order valence-corrected chi connectivity index (χ3v) is 4.33. The molecule has 5 heteroatoms. The zero-order valence-corrected chi connectivity index (χ0v) is 12.3. The van der Waals surface area contributed by atoms with Crippen molar-refractivity contribution in [2.45, 2.75) is 25.9 Å². The lowest BCUT2D eigenvalue weighted by Crippen LogP contribution is -2.49. The molecule has 0 spiro atoms. The Hall–Kier alpha value is -1.33. The van der Waals surface area contributed by atoms with Gasteiger partial charge in [-0.2, -0.15) is 0 Å². The third-order valence-electron chi connectivity index (χ3n) is 4.33. The van der Waals surface area contributed by atoms with E-state index in [0.717, 1.165) is 32.5 Å². The number of aliphatic hydroxyl groups excluding tert-OH is 1. The minimum absolute atomic E-state index is 0.0300. The van der Waals surface area contributed by atoms with Gasteiger partial charge in [-0.05, 0) is 31.5 Å². The first kappa shape index (κ1) is 14.6. The Kier molecular flexibility index (Phi) is 4.04. The minimum atomic E-state index is -0.316. The van der Waals surface area contributed by atoms with E-state index in [0.29, 0.717) is 18.1 Å². The lowest BCUT2D eigenvalue weighted by atomic mass is 9.83. The van der Waals surface area contributed by atoms with Crippen molar-refractivity contribution >= 4 is 0 Å². The number of benzene rings is 1. The molecule has 4 nitrogen and oxygen atoms in total. The summed E-state index contributed by atoms with van der Waals surface area (Å²) >= 11 is 0. The molecule has 1 aromatic rings. The molecule has 0 amide bonds. The molecule has 0 unspecified atom stereocenters. The Bertz CT molecular complexity index is 510. The van der Waals surface area contributed by atoms with Gasteiger partial charge in [0.15, 0.2) is 11.5 Å². The van der Waals surface area contributed by atoms with Gasteiger partial charge in [0.05, 0.1) is 0 Å². The SMILES string of the molecule is C[C@]1(CO)CCCN(C[C@H]2COc3ccc(F)cc3O2)C1. The smallest absolute Gasteiger partial charge is 0.164 e. The Morgan fingerprint density at radius 1 is 1.43 bits per heavy atom. The van der Waals surface area contributed by atoms with Crippen molar-refractivity contribution in [1.29, 1.82) is 0 Å². The van der Waals surface area contributed by atoms with Crippen molar-refractivity contribution in [3.63, 3.8) is 0 Å². The fraction of sp³-hybridized carbons (Fsp3) is 0.625. The normalized spacial score (nSPS) is 29.4. The molecule has 0 aliphatic carbocycles. The van der Waals surface area contributed by atoms with Crippen LogP contribution in [-0.2, 0) is 0 Å². The van der Waals surface area contributed by atoms with Gasteiger partial charge in [-0.1, -0.05) is 6.92 Å². The second-order valence-electron chi connectivity index (χ2n) is 6.45. The van der Waals surface area contributed by atoms with E-state index in [-0.39, 0.29) is 23.9 Å². The van der Waals surface area contributed by atoms with Crippen LogP contribution in [0, 0.1) is 11.2 Å². The van der Waals surface area contributed by atoms with Crippen LogP contribution < -0.4 is 9.47 Å². The largest absolute Gasteiger partial charge is 0.486 e. The average molecular weight is 295 g/mol. The zero-order chi connectivity index (χ0) is 14.9.